The van der Waals surface area contributed by atoms with Crippen LogP contribution in [0.15, 0.2) is 24.3 Å². The Morgan fingerprint density at radius 1 is 1.16 bits per heavy atom. The minimum atomic E-state index is -0.575. The Hall–Kier alpha value is -2.24. The molecule has 0 radical (unpaired) electrons. The Morgan fingerprint density at radius 3 is 2.32 bits per heavy atom. The molecule has 25 heavy (non-hydrogen) atoms. The van der Waals surface area contributed by atoms with E-state index >= 15 is 0 Å². The van der Waals surface area contributed by atoms with Crippen LogP contribution in [0.1, 0.15) is 39.2 Å². The van der Waals surface area contributed by atoms with Crippen LogP contribution >= 0.6 is 0 Å². The molecule has 0 spiro atoms. The number of carbonyl (C=O) groups excluding carboxylic acids is 2. The van der Waals surface area contributed by atoms with Crippen molar-refractivity contribution in [3.63, 3.8) is 0 Å². The number of likely N-dealkylation sites (tertiary alicyclic amines) is 1. The highest BCUT2D eigenvalue weighted by molar-refractivity contribution is 5.77. The van der Waals surface area contributed by atoms with Gasteiger partial charge in [0.2, 0.25) is 0 Å². The van der Waals surface area contributed by atoms with Crippen LogP contribution in [-0.2, 0) is 14.3 Å². The largest absolute Gasteiger partial charge is 0.497 e. The van der Waals surface area contributed by atoms with Gasteiger partial charge in [-0.2, -0.15) is 0 Å². The summed E-state index contributed by atoms with van der Waals surface area (Å²) >= 11 is 0. The van der Waals surface area contributed by atoms with Crippen LogP contribution in [0.3, 0.4) is 0 Å². The summed E-state index contributed by atoms with van der Waals surface area (Å²) in [5.41, 5.74) is 0.402. The van der Waals surface area contributed by atoms with Crippen molar-refractivity contribution in [2.75, 3.05) is 26.8 Å². The van der Waals surface area contributed by atoms with Crippen LogP contribution in [-0.4, -0.2) is 49.4 Å². The zero-order valence-electron chi connectivity index (χ0n) is 15.6. The maximum Gasteiger partial charge on any atom is 0.410 e. The van der Waals surface area contributed by atoms with Gasteiger partial charge in [-0.05, 0) is 45.4 Å². The summed E-state index contributed by atoms with van der Waals surface area (Å²) in [5.74, 6) is -0.0638. The molecule has 6 heteroatoms. The Labute approximate surface area is 149 Å². The highest BCUT2D eigenvalue weighted by Crippen LogP contribution is 2.35. The predicted octanol–water partition coefficient (Wildman–Crippen LogP) is 3.21. The molecule has 138 valence electrons. The quantitative estimate of drug-likeness (QED) is 0.781. The van der Waals surface area contributed by atoms with Crippen molar-refractivity contribution in [2.24, 2.45) is 5.92 Å². The van der Waals surface area contributed by atoms with Crippen LogP contribution in [0.5, 0.6) is 5.75 Å². The fraction of sp³-hybridized carbons (Fsp3) is 0.579. The van der Waals surface area contributed by atoms with Crippen molar-refractivity contribution >= 4 is 12.1 Å². The van der Waals surface area contributed by atoms with Gasteiger partial charge in [-0.1, -0.05) is 12.1 Å². The van der Waals surface area contributed by atoms with Crippen LogP contribution in [0.25, 0.3) is 0 Å². The van der Waals surface area contributed by atoms with Gasteiger partial charge in [0.05, 0.1) is 19.6 Å². The highest BCUT2D eigenvalue weighted by atomic mass is 16.6. The first-order valence-corrected chi connectivity index (χ1v) is 8.53. The molecule has 2 unspecified atom stereocenters. The third-order valence-corrected chi connectivity index (χ3v) is 4.10. The number of benzene rings is 1. The molecule has 1 aromatic rings. The predicted molar refractivity (Wildman–Crippen MR) is 93.7 cm³/mol. The Balaban J connectivity index is 2.21. The molecule has 1 amide bonds. The Morgan fingerprint density at radius 2 is 1.80 bits per heavy atom. The van der Waals surface area contributed by atoms with E-state index in [4.69, 9.17) is 14.2 Å². The van der Waals surface area contributed by atoms with Gasteiger partial charge in [0.1, 0.15) is 11.4 Å². The number of hydrogen-bond acceptors (Lipinski definition) is 5. The van der Waals surface area contributed by atoms with Crippen molar-refractivity contribution in [1.82, 2.24) is 4.90 Å². The van der Waals surface area contributed by atoms with Crippen molar-refractivity contribution in [3.05, 3.63) is 29.8 Å². The van der Waals surface area contributed by atoms with Gasteiger partial charge in [0.15, 0.2) is 0 Å². The van der Waals surface area contributed by atoms with Crippen LogP contribution in [0.2, 0.25) is 0 Å². The summed E-state index contributed by atoms with van der Waals surface area (Å²) in [5, 5.41) is 0. The Bertz CT molecular complexity index is 605. The molecule has 0 bridgehead atoms. The lowest BCUT2D eigenvalue weighted by molar-refractivity contribution is -0.147. The van der Waals surface area contributed by atoms with Gasteiger partial charge in [-0.25, -0.2) is 4.79 Å². The number of carbonyl (C=O) groups is 2. The number of nitrogens with zero attached hydrogens (tertiary/aromatic N) is 1. The molecule has 1 heterocycles. The maximum atomic E-state index is 12.4. The second-order valence-electron chi connectivity index (χ2n) is 7.12. The van der Waals surface area contributed by atoms with Gasteiger partial charge >= 0.3 is 12.1 Å². The molecule has 6 nitrogen and oxygen atoms in total. The van der Waals surface area contributed by atoms with Crippen molar-refractivity contribution < 1.29 is 23.8 Å². The van der Waals surface area contributed by atoms with E-state index in [1.165, 1.54) is 0 Å². The average Bonchev–Trinajstić information content (AvgIpc) is 2.99. The molecule has 1 aliphatic rings. The summed E-state index contributed by atoms with van der Waals surface area (Å²) in [6.07, 6.45) is -0.405. The van der Waals surface area contributed by atoms with E-state index < -0.39 is 17.6 Å². The molecular formula is C19H27NO5. The van der Waals surface area contributed by atoms with E-state index in [1.807, 2.05) is 45.0 Å². The smallest absolute Gasteiger partial charge is 0.410 e. The maximum absolute atomic E-state index is 12.4. The highest BCUT2D eigenvalue weighted by Gasteiger charge is 2.42. The number of hydrogen-bond donors (Lipinski definition) is 0. The average molecular weight is 349 g/mol. The monoisotopic (exact) mass is 349 g/mol. The minimum absolute atomic E-state index is 0.127. The molecular weight excluding hydrogens is 322 g/mol. The van der Waals surface area contributed by atoms with E-state index in [1.54, 1.807) is 18.9 Å². The van der Waals surface area contributed by atoms with Gasteiger partial charge in [-0.15, -0.1) is 0 Å². The lowest BCUT2D eigenvalue weighted by Crippen LogP contribution is -2.36. The number of esters is 1. The summed E-state index contributed by atoms with van der Waals surface area (Å²) in [4.78, 5) is 26.4. The van der Waals surface area contributed by atoms with Gasteiger partial charge in [0.25, 0.3) is 0 Å². The lowest BCUT2D eigenvalue weighted by Gasteiger charge is -2.24. The second kappa shape index (κ2) is 7.76. The van der Waals surface area contributed by atoms with E-state index in [-0.39, 0.29) is 11.9 Å². The molecule has 0 aromatic heterocycles. The first kappa shape index (κ1) is 19.1. The lowest BCUT2D eigenvalue weighted by atomic mass is 9.89. The molecule has 1 fully saturated rings. The molecule has 2 atom stereocenters. The van der Waals surface area contributed by atoms with E-state index in [0.29, 0.717) is 19.7 Å². The standard InChI is InChI=1S/C19H27NO5/c1-6-24-17(21)16-12-20(18(22)25-19(2,3)4)11-15(16)13-7-9-14(23-5)10-8-13/h7-10,15-16H,6,11-12H2,1-5H3. The number of amides is 1. The minimum Gasteiger partial charge on any atom is -0.497 e. The first-order chi connectivity index (χ1) is 11.7. The zero-order chi connectivity index (χ0) is 18.6. The SMILES string of the molecule is CCOC(=O)C1CN(C(=O)OC(C)(C)C)CC1c1ccc(OC)cc1. The van der Waals surface area contributed by atoms with Gasteiger partial charge < -0.3 is 19.1 Å². The fourth-order valence-corrected chi connectivity index (χ4v) is 2.96. The van der Waals surface area contributed by atoms with Crippen LogP contribution in [0, 0.1) is 5.92 Å². The Kier molecular flexibility index (Phi) is 5.93. The normalized spacial score (nSPS) is 20.3. The van der Waals surface area contributed by atoms with Gasteiger partial charge in [-0.3, -0.25) is 4.79 Å². The third kappa shape index (κ3) is 4.87. The third-order valence-electron chi connectivity index (χ3n) is 4.10. The molecule has 0 N–H and O–H groups in total. The van der Waals surface area contributed by atoms with Crippen molar-refractivity contribution in [3.8, 4) is 5.75 Å². The van der Waals surface area contributed by atoms with Gasteiger partial charge in [0, 0.05) is 19.0 Å². The number of rotatable bonds is 4. The summed E-state index contributed by atoms with van der Waals surface area (Å²) in [7, 11) is 1.61. The molecule has 1 saturated heterocycles. The molecule has 2 rings (SSSR count). The molecule has 1 aliphatic heterocycles. The zero-order valence-corrected chi connectivity index (χ0v) is 15.6. The molecule has 1 aromatic carbocycles. The molecule has 0 aliphatic carbocycles. The fourth-order valence-electron chi connectivity index (χ4n) is 2.96. The van der Waals surface area contributed by atoms with E-state index in [2.05, 4.69) is 0 Å². The van der Waals surface area contributed by atoms with Crippen molar-refractivity contribution in [2.45, 2.75) is 39.2 Å². The van der Waals surface area contributed by atoms with Crippen LogP contribution < -0.4 is 4.74 Å². The number of methoxy groups -OCH3 is 1. The molecule has 0 saturated carbocycles. The number of ether oxygens (including phenoxy) is 3. The van der Waals surface area contributed by atoms with E-state index in [0.717, 1.165) is 11.3 Å². The summed E-state index contributed by atoms with van der Waals surface area (Å²) in [6.45, 7) is 8.29. The van der Waals surface area contributed by atoms with Crippen LogP contribution in [0.4, 0.5) is 4.79 Å². The second-order valence-corrected chi connectivity index (χ2v) is 7.12. The summed E-state index contributed by atoms with van der Waals surface area (Å²) in [6, 6.07) is 7.56. The van der Waals surface area contributed by atoms with Crippen molar-refractivity contribution in [1.29, 1.82) is 0 Å². The summed E-state index contributed by atoms with van der Waals surface area (Å²) < 4.78 is 15.8. The topological polar surface area (TPSA) is 65.1 Å². The van der Waals surface area contributed by atoms with E-state index in [9.17, 15) is 9.59 Å². The first-order valence-electron chi connectivity index (χ1n) is 8.53.